The Hall–Kier alpha value is -3.20. The van der Waals surface area contributed by atoms with Crippen molar-refractivity contribution in [2.75, 3.05) is 11.6 Å². The summed E-state index contributed by atoms with van der Waals surface area (Å²) in [5.74, 6) is 0. The summed E-state index contributed by atoms with van der Waals surface area (Å²) in [6.45, 7) is 2.74. The van der Waals surface area contributed by atoms with Gasteiger partial charge in [-0.15, -0.1) is 0 Å². The van der Waals surface area contributed by atoms with Gasteiger partial charge in [-0.1, -0.05) is 72.8 Å². The lowest BCUT2D eigenvalue weighted by Crippen LogP contribution is -2.23. The molecule has 0 saturated carbocycles. The van der Waals surface area contributed by atoms with E-state index in [1.54, 1.807) is 12.7 Å². The Morgan fingerprint density at radius 3 is 1.92 bits per heavy atom. The highest BCUT2D eigenvalue weighted by atomic mass is 15.2. The second kappa shape index (κ2) is 8.60. The molecule has 0 fully saturated rings. The van der Waals surface area contributed by atoms with Crippen LogP contribution in [0.1, 0.15) is 5.56 Å². The molecule has 3 aromatic rings. The number of aryl methyl sites for hydroxylation is 1. The van der Waals surface area contributed by atoms with Gasteiger partial charge < -0.3 is 4.90 Å². The molecular weight excluding hydrogens is 306 g/mol. The summed E-state index contributed by atoms with van der Waals surface area (Å²) in [5.41, 5.74) is 4.94. The van der Waals surface area contributed by atoms with E-state index in [1.807, 2.05) is 23.1 Å². The Morgan fingerprint density at radius 1 is 0.760 bits per heavy atom. The molecule has 0 aromatic heterocycles. The van der Waals surface area contributed by atoms with Crippen LogP contribution in [0.2, 0.25) is 0 Å². The predicted molar refractivity (Wildman–Crippen MR) is 107 cm³/mol. The maximum atomic E-state index is 4.07. The lowest BCUT2D eigenvalue weighted by Gasteiger charge is -2.18. The number of benzene rings is 3. The van der Waals surface area contributed by atoms with E-state index in [-0.39, 0.29) is 0 Å². The topological polar surface area (TPSA) is 28.0 Å². The van der Waals surface area contributed by atoms with Crippen LogP contribution in [-0.4, -0.2) is 19.3 Å². The molecule has 3 aromatic carbocycles. The van der Waals surface area contributed by atoms with E-state index in [1.165, 1.54) is 16.7 Å². The molecule has 124 valence electrons. The fourth-order valence-electron chi connectivity index (χ4n) is 2.53. The third kappa shape index (κ3) is 4.88. The average molecular weight is 327 g/mol. The van der Waals surface area contributed by atoms with Gasteiger partial charge in [0.25, 0.3) is 0 Å². The molecule has 3 nitrogen and oxygen atoms in total. The van der Waals surface area contributed by atoms with Gasteiger partial charge in [0, 0.05) is 5.69 Å². The van der Waals surface area contributed by atoms with Crippen LogP contribution in [0.15, 0.2) is 94.9 Å². The summed E-state index contributed by atoms with van der Waals surface area (Å²) in [6, 6.07) is 29.1. The van der Waals surface area contributed by atoms with E-state index in [0.717, 1.165) is 5.69 Å². The van der Waals surface area contributed by atoms with Crippen LogP contribution >= 0.6 is 0 Å². The lowest BCUT2D eigenvalue weighted by atomic mass is 10.1. The fraction of sp³-hybridized carbons (Fsp3) is 0.0909. The minimum absolute atomic E-state index is 0.660. The number of anilines is 1. The number of aliphatic imine (C=N–C) groups is 2. The van der Waals surface area contributed by atoms with Crippen molar-refractivity contribution in [3.8, 4) is 11.1 Å². The highest BCUT2D eigenvalue weighted by Crippen LogP contribution is 2.17. The van der Waals surface area contributed by atoms with Gasteiger partial charge >= 0.3 is 0 Å². The number of nitrogens with zero attached hydrogens (tertiary/aromatic N) is 3. The first-order valence-electron chi connectivity index (χ1n) is 8.28. The second-order valence-corrected chi connectivity index (χ2v) is 5.74. The first-order valence-corrected chi connectivity index (χ1v) is 8.28. The molecule has 0 unspecified atom stereocenters. The molecule has 0 aliphatic carbocycles. The molecule has 1 aliphatic rings. The SMILES string of the molecule is Cc1cccc(N2C=NC=NC2)c1.c1ccc(-c2ccccc2)cc1. The highest BCUT2D eigenvalue weighted by Gasteiger charge is 2.03. The van der Waals surface area contributed by atoms with Gasteiger partial charge in [-0.25, -0.2) is 4.99 Å². The zero-order valence-electron chi connectivity index (χ0n) is 14.3. The standard InChI is InChI=1S/C12H10.C10H11N3/c1-3-7-11(8-4-1)12-9-5-2-6-10-12;1-9-3-2-4-10(5-9)13-7-11-6-12-8-13/h1-10H;2-7H,8H2,1H3. The number of hydrogen-bond acceptors (Lipinski definition) is 3. The fourth-order valence-corrected chi connectivity index (χ4v) is 2.53. The van der Waals surface area contributed by atoms with E-state index < -0.39 is 0 Å². The van der Waals surface area contributed by atoms with Gasteiger partial charge in [0.1, 0.15) is 13.0 Å². The molecule has 0 atom stereocenters. The van der Waals surface area contributed by atoms with Gasteiger partial charge in [0.15, 0.2) is 0 Å². The zero-order valence-corrected chi connectivity index (χ0v) is 14.3. The maximum Gasteiger partial charge on any atom is 0.117 e. The number of rotatable bonds is 2. The van der Waals surface area contributed by atoms with Crippen molar-refractivity contribution >= 4 is 18.4 Å². The molecule has 25 heavy (non-hydrogen) atoms. The zero-order chi connectivity index (χ0) is 17.3. The molecule has 0 amide bonds. The van der Waals surface area contributed by atoms with Crippen molar-refractivity contribution in [3.63, 3.8) is 0 Å². The van der Waals surface area contributed by atoms with Crippen LogP contribution in [0.5, 0.6) is 0 Å². The maximum absolute atomic E-state index is 4.07. The largest absolute Gasteiger partial charge is 0.312 e. The first kappa shape index (κ1) is 16.7. The Morgan fingerprint density at radius 2 is 1.40 bits per heavy atom. The molecule has 0 spiro atoms. The van der Waals surface area contributed by atoms with E-state index in [0.29, 0.717) is 6.67 Å². The molecule has 1 heterocycles. The average Bonchev–Trinajstić information content (AvgIpc) is 2.71. The van der Waals surface area contributed by atoms with Gasteiger partial charge in [0.2, 0.25) is 0 Å². The smallest absolute Gasteiger partial charge is 0.117 e. The molecule has 4 rings (SSSR count). The first-order chi connectivity index (χ1) is 12.3. The van der Waals surface area contributed by atoms with Crippen LogP contribution < -0.4 is 4.90 Å². The summed E-state index contributed by atoms with van der Waals surface area (Å²) in [4.78, 5) is 10.0. The molecule has 0 N–H and O–H groups in total. The Balaban J connectivity index is 0.000000146. The normalized spacial score (nSPS) is 12.4. The summed E-state index contributed by atoms with van der Waals surface area (Å²) < 4.78 is 0. The van der Waals surface area contributed by atoms with Crippen molar-refractivity contribution in [1.29, 1.82) is 0 Å². The summed E-state index contributed by atoms with van der Waals surface area (Å²) >= 11 is 0. The van der Waals surface area contributed by atoms with Crippen LogP contribution in [0.4, 0.5) is 5.69 Å². The van der Waals surface area contributed by atoms with Gasteiger partial charge in [-0.3, -0.25) is 4.99 Å². The molecule has 1 aliphatic heterocycles. The van der Waals surface area contributed by atoms with Crippen molar-refractivity contribution < 1.29 is 0 Å². The van der Waals surface area contributed by atoms with Crippen molar-refractivity contribution in [3.05, 3.63) is 90.5 Å². The van der Waals surface area contributed by atoms with Gasteiger partial charge in [0.05, 0.1) is 6.34 Å². The van der Waals surface area contributed by atoms with Crippen LogP contribution in [-0.2, 0) is 0 Å². The van der Waals surface area contributed by atoms with Crippen LogP contribution in [0.25, 0.3) is 11.1 Å². The lowest BCUT2D eigenvalue weighted by molar-refractivity contribution is 1.01. The van der Waals surface area contributed by atoms with Crippen molar-refractivity contribution in [2.45, 2.75) is 6.92 Å². The highest BCUT2D eigenvalue weighted by molar-refractivity contribution is 5.86. The Kier molecular flexibility index (Phi) is 5.73. The molecule has 3 heteroatoms. The quantitative estimate of drug-likeness (QED) is 0.637. The Bertz CT molecular complexity index is 802. The third-order valence-corrected chi connectivity index (χ3v) is 3.80. The summed E-state index contributed by atoms with van der Waals surface area (Å²) in [5, 5.41) is 0. The van der Waals surface area contributed by atoms with E-state index in [2.05, 4.69) is 83.6 Å². The predicted octanol–water partition coefficient (Wildman–Crippen LogP) is 5.18. The molecule has 0 bridgehead atoms. The van der Waals surface area contributed by atoms with Crippen LogP contribution in [0, 0.1) is 6.92 Å². The molecule has 0 radical (unpaired) electrons. The molecule has 0 saturated heterocycles. The minimum atomic E-state index is 0.660. The van der Waals surface area contributed by atoms with Crippen molar-refractivity contribution in [2.24, 2.45) is 9.98 Å². The van der Waals surface area contributed by atoms with Gasteiger partial charge in [-0.05, 0) is 35.7 Å². The number of hydrogen-bond donors (Lipinski definition) is 0. The molecular formula is C22H21N3. The second-order valence-electron chi connectivity index (χ2n) is 5.74. The monoisotopic (exact) mass is 327 g/mol. The summed E-state index contributed by atoms with van der Waals surface area (Å²) in [7, 11) is 0. The van der Waals surface area contributed by atoms with E-state index in [4.69, 9.17) is 0 Å². The van der Waals surface area contributed by atoms with E-state index >= 15 is 0 Å². The van der Waals surface area contributed by atoms with E-state index in [9.17, 15) is 0 Å². The third-order valence-electron chi connectivity index (χ3n) is 3.80. The summed E-state index contributed by atoms with van der Waals surface area (Å²) in [6.07, 6.45) is 3.37. The Labute approximate surface area is 149 Å². The van der Waals surface area contributed by atoms with Gasteiger partial charge in [-0.2, -0.15) is 0 Å². The van der Waals surface area contributed by atoms with Crippen molar-refractivity contribution in [1.82, 2.24) is 0 Å². The van der Waals surface area contributed by atoms with Crippen LogP contribution in [0.3, 0.4) is 0 Å². The minimum Gasteiger partial charge on any atom is -0.312 e.